The fourth-order valence-corrected chi connectivity index (χ4v) is 2.40. The molecule has 3 nitrogen and oxygen atoms in total. The lowest BCUT2D eigenvalue weighted by Gasteiger charge is -2.15. The fraction of sp³-hybridized carbons (Fsp3) is 0.176. The quantitative estimate of drug-likeness (QED) is 0.711. The number of hydrogen-bond acceptors (Lipinski definition) is 2. The molecule has 20 heavy (non-hydrogen) atoms. The zero-order valence-corrected chi connectivity index (χ0v) is 12.0. The van der Waals surface area contributed by atoms with Crippen LogP contribution in [0, 0.1) is 6.92 Å². The Bertz CT molecular complexity index is 691. The first-order chi connectivity index (χ1) is 9.66. The first-order valence-corrected chi connectivity index (χ1v) is 6.67. The molecule has 0 saturated heterocycles. The molecule has 0 aliphatic carbocycles. The molecule has 0 N–H and O–H groups in total. The zero-order valence-electron chi connectivity index (χ0n) is 12.0. The average molecular weight is 266 g/mol. The number of benzene rings is 1. The standard InChI is InChI=1S/C17H18N2O/c1-13-6-11-16(17-5-4-12-20-17)19(13)15-9-7-14(8-10-15)18(2)3/h4-12H,1-3H3. The molecule has 2 aromatic heterocycles. The lowest BCUT2D eigenvalue weighted by atomic mass is 10.2. The predicted molar refractivity (Wildman–Crippen MR) is 82.5 cm³/mol. The summed E-state index contributed by atoms with van der Waals surface area (Å²) in [6.07, 6.45) is 1.71. The minimum atomic E-state index is 0.884. The summed E-state index contributed by atoms with van der Waals surface area (Å²) < 4.78 is 7.73. The third-order valence-electron chi connectivity index (χ3n) is 3.47. The van der Waals surface area contributed by atoms with E-state index in [0.717, 1.165) is 17.1 Å². The Morgan fingerprint density at radius 3 is 2.30 bits per heavy atom. The molecule has 0 bridgehead atoms. The summed E-state index contributed by atoms with van der Waals surface area (Å²) in [6.45, 7) is 2.10. The van der Waals surface area contributed by atoms with E-state index < -0.39 is 0 Å². The van der Waals surface area contributed by atoms with Gasteiger partial charge in [0.15, 0.2) is 5.76 Å². The topological polar surface area (TPSA) is 21.3 Å². The Labute approximate surface area is 119 Å². The van der Waals surface area contributed by atoms with Gasteiger partial charge in [-0.15, -0.1) is 0 Å². The van der Waals surface area contributed by atoms with Crippen LogP contribution >= 0.6 is 0 Å². The summed E-state index contributed by atoms with van der Waals surface area (Å²) >= 11 is 0. The van der Waals surface area contributed by atoms with E-state index in [2.05, 4.69) is 52.8 Å². The van der Waals surface area contributed by atoms with Crippen molar-refractivity contribution >= 4 is 5.69 Å². The van der Waals surface area contributed by atoms with E-state index in [0.29, 0.717) is 0 Å². The summed E-state index contributed by atoms with van der Waals surface area (Å²) in [6, 6.07) is 16.6. The maximum atomic E-state index is 5.53. The van der Waals surface area contributed by atoms with Crippen LogP contribution < -0.4 is 4.90 Å². The minimum Gasteiger partial charge on any atom is -0.463 e. The van der Waals surface area contributed by atoms with Gasteiger partial charge in [0, 0.05) is 31.2 Å². The molecule has 0 unspecified atom stereocenters. The molecule has 0 atom stereocenters. The molecule has 0 aliphatic heterocycles. The normalized spacial score (nSPS) is 10.8. The second-order valence-electron chi connectivity index (χ2n) is 5.08. The average Bonchev–Trinajstić information content (AvgIpc) is 3.07. The molecule has 0 spiro atoms. The van der Waals surface area contributed by atoms with Gasteiger partial charge in [0.05, 0.1) is 12.0 Å². The largest absolute Gasteiger partial charge is 0.463 e. The van der Waals surface area contributed by atoms with Crippen molar-refractivity contribution in [3.05, 3.63) is 60.5 Å². The first-order valence-electron chi connectivity index (χ1n) is 6.67. The zero-order chi connectivity index (χ0) is 14.1. The van der Waals surface area contributed by atoms with Crippen LogP contribution in [0.3, 0.4) is 0 Å². The Morgan fingerprint density at radius 2 is 1.70 bits per heavy atom. The van der Waals surface area contributed by atoms with E-state index in [1.165, 1.54) is 11.4 Å². The van der Waals surface area contributed by atoms with Crippen molar-refractivity contribution in [2.75, 3.05) is 19.0 Å². The molecular formula is C17H18N2O. The van der Waals surface area contributed by atoms with Crippen molar-refractivity contribution in [3.63, 3.8) is 0 Å². The van der Waals surface area contributed by atoms with Crippen LogP contribution in [0.2, 0.25) is 0 Å². The molecule has 0 saturated carbocycles. The molecule has 1 aromatic carbocycles. The van der Waals surface area contributed by atoms with Gasteiger partial charge in [-0.2, -0.15) is 0 Å². The van der Waals surface area contributed by atoms with E-state index in [9.17, 15) is 0 Å². The van der Waals surface area contributed by atoms with Gasteiger partial charge >= 0.3 is 0 Å². The number of aryl methyl sites for hydroxylation is 1. The van der Waals surface area contributed by atoms with E-state index in [1.54, 1.807) is 6.26 Å². The van der Waals surface area contributed by atoms with E-state index in [1.807, 2.05) is 26.2 Å². The van der Waals surface area contributed by atoms with Crippen molar-refractivity contribution < 1.29 is 4.42 Å². The fourth-order valence-electron chi connectivity index (χ4n) is 2.40. The summed E-state index contributed by atoms with van der Waals surface area (Å²) in [5.74, 6) is 0.884. The highest BCUT2D eigenvalue weighted by Gasteiger charge is 2.11. The third-order valence-corrected chi connectivity index (χ3v) is 3.47. The second-order valence-corrected chi connectivity index (χ2v) is 5.08. The van der Waals surface area contributed by atoms with Gasteiger partial charge in [-0.3, -0.25) is 0 Å². The monoisotopic (exact) mass is 266 g/mol. The summed E-state index contributed by atoms with van der Waals surface area (Å²) in [4.78, 5) is 2.10. The highest BCUT2D eigenvalue weighted by Crippen LogP contribution is 2.27. The molecule has 0 radical (unpaired) electrons. The maximum Gasteiger partial charge on any atom is 0.150 e. The number of aromatic nitrogens is 1. The summed E-state index contributed by atoms with van der Waals surface area (Å²) in [5, 5.41) is 0. The molecule has 0 amide bonds. The van der Waals surface area contributed by atoms with Crippen LogP contribution in [-0.4, -0.2) is 18.7 Å². The van der Waals surface area contributed by atoms with E-state index in [4.69, 9.17) is 4.42 Å². The lowest BCUT2D eigenvalue weighted by molar-refractivity contribution is 0.578. The summed E-state index contributed by atoms with van der Waals surface area (Å²) in [5.41, 5.74) is 4.60. The number of nitrogens with zero attached hydrogens (tertiary/aromatic N) is 2. The predicted octanol–water partition coefficient (Wildman–Crippen LogP) is 4.11. The maximum absolute atomic E-state index is 5.53. The molecular weight excluding hydrogens is 248 g/mol. The first kappa shape index (κ1) is 12.6. The molecule has 102 valence electrons. The third kappa shape index (κ3) is 2.11. The SMILES string of the molecule is Cc1ccc(-c2ccco2)n1-c1ccc(N(C)C)cc1. The lowest BCUT2D eigenvalue weighted by Crippen LogP contribution is -2.08. The van der Waals surface area contributed by atoms with Gasteiger partial charge in [0.1, 0.15) is 0 Å². The summed E-state index contributed by atoms with van der Waals surface area (Å²) in [7, 11) is 4.09. The Hall–Kier alpha value is -2.42. The van der Waals surface area contributed by atoms with Gasteiger partial charge in [-0.1, -0.05) is 0 Å². The van der Waals surface area contributed by atoms with Gasteiger partial charge in [0.25, 0.3) is 0 Å². The van der Waals surface area contributed by atoms with Crippen LogP contribution in [0.5, 0.6) is 0 Å². The number of furan rings is 1. The van der Waals surface area contributed by atoms with Crippen molar-refractivity contribution in [2.45, 2.75) is 6.92 Å². The van der Waals surface area contributed by atoms with Gasteiger partial charge in [0.2, 0.25) is 0 Å². The van der Waals surface area contributed by atoms with Gasteiger partial charge < -0.3 is 13.9 Å². The number of rotatable bonds is 3. The van der Waals surface area contributed by atoms with Crippen LogP contribution in [0.1, 0.15) is 5.69 Å². The highest BCUT2D eigenvalue weighted by molar-refractivity contribution is 5.60. The van der Waals surface area contributed by atoms with Crippen LogP contribution in [0.4, 0.5) is 5.69 Å². The smallest absolute Gasteiger partial charge is 0.150 e. The molecule has 3 rings (SSSR count). The molecule has 3 aromatic rings. The molecule has 0 fully saturated rings. The Kier molecular flexibility index (Phi) is 3.11. The minimum absolute atomic E-state index is 0.884. The van der Waals surface area contributed by atoms with Crippen molar-refractivity contribution in [1.29, 1.82) is 0 Å². The molecule has 2 heterocycles. The highest BCUT2D eigenvalue weighted by atomic mass is 16.3. The molecule has 0 aliphatic rings. The number of anilines is 1. The van der Waals surface area contributed by atoms with Gasteiger partial charge in [-0.05, 0) is 55.5 Å². The van der Waals surface area contributed by atoms with Crippen molar-refractivity contribution in [1.82, 2.24) is 4.57 Å². The van der Waals surface area contributed by atoms with Crippen LogP contribution in [-0.2, 0) is 0 Å². The number of hydrogen-bond donors (Lipinski definition) is 0. The molecule has 3 heteroatoms. The Morgan fingerprint density at radius 1 is 0.950 bits per heavy atom. The van der Waals surface area contributed by atoms with Crippen molar-refractivity contribution in [3.8, 4) is 17.1 Å². The van der Waals surface area contributed by atoms with Gasteiger partial charge in [-0.25, -0.2) is 0 Å². The van der Waals surface area contributed by atoms with E-state index in [-0.39, 0.29) is 0 Å². The van der Waals surface area contributed by atoms with Crippen LogP contribution in [0.25, 0.3) is 17.1 Å². The second kappa shape index (κ2) is 4.93. The van der Waals surface area contributed by atoms with Crippen LogP contribution in [0.15, 0.2) is 59.2 Å². The Balaban J connectivity index is 2.08. The van der Waals surface area contributed by atoms with E-state index >= 15 is 0 Å². The van der Waals surface area contributed by atoms with Crippen molar-refractivity contribution in [2.24, 2.45) is 0 Å².